The smallest absolute Gasteiger partial charge is 0.253 e. The molecule has 1 heterocycles. The van der Waals surface area contributed by atoms with Crippen molar-refractivity contribution < 1.29 is 13.2 Å². The number of rotatable bonds is 4. The van der Waals surface area contributed by atoms with E-state index in [1.165, 1.54) is 12.1 Å². The van der Waals surface area contributed by atoms with Crippen LogP contribution in [0.25, 0.3) is 0 Å². The second kappa shape index (κ2) is 6.79. The Morgan fingerprint density at radius 3 is 2.55 bits per heavy atom. The third-order valence-corrected chi connectivity index (χ3v) is 6.08. The molecule has 1 aromatic carbocycles. The Balaban J connectivity index is 2.13. The third kappa shape index (κ3) is 3.67. The molecule has 6 heteroatoms. The largest absolute Gasteiger partial charge is 0.338 e. The SMILES string of the molecule is CCS(=O)(=O)c1ccc(C(=O)N2CCC[C@@H]([C@H](C)N)C2)cc1. The second-order valence-corrected chi connectivity index (χ2v) is 8.22. The van der Waals surface area contributed by atoms with Crippen molar-refractivity contribution in [2.45, 2.75) is 37.6 Å². The van der Waals surface area contributed by atoms with Crippen molar-refractivity contribution in [3.8, 4) is 0 Å². The number of hydrogen-bond acceptors (Lipinski definition) is 4. The van der Waals surface area contributed by atoms with E-state index in [0.29, 0.717) is 18.0 Å². The molecule has 1 aromatic rings. The first-order valence-electron chi connectivity index (χ1n) is 7.73. The Hall–Kier alpha value is -1.40. The highest BCUT2D eigenvalue weighted by Gasteiger charge is 2.26. The number of benzene rings is 1. The van der Waals surface area contributed by atoms with Crippen molar-refractivity contribution in [1.29, 1.82) is 0 Å². The standard InChI is InChI=1S/C16H24N2O3S/c1-3-22(20,21)15-8-6-13(7-9-15)16(19)18-10-4-5-14(11-18)12(2)17/h6-9,12,14H,3-5,10-11,17H2,1-2H3/t12-,14+/m0/s1. The van der Waals surface area contributed by atoms with Gasteiger partial charge in [-0.1, -0.05) is 6.92 Å². The summed E-state index contributed by atoms with van der Waals surface area (Å²) < 4.78 is 23.6. The Morgan fingerprint density at radius 2 is 2.00 bits per heavy atom. The lowest BCUT2D eigenvalue weighted by atomic mass is 9.92. The van der Waals surface area contributed by atoms with Gasteiger partial charge in [-0.15, -0.1) is 0 Å². The van der Waals surface area contributed by atoms with E-state index in [9.17, 15) is 13.2 Å². The number of carbonyl (C=O) groups excluding carboxylic acids is 1. The van der Waals surface area contributed by atoms with E-state index in [0.717, 1.165) is 19.4 Å². The summed E-state index contributed by atoms with van der Waals surface area (Å²) in [5.41, 5.74) is 6.47. The van der Waals surface area contributed by atoms with Crippen molar-refractivity contribution in [2.24, 2.45) is 11.7 Å². The summed E-state index contributed by atoms with van der Waals surface area (Å²) in [5.74, 6) is 0.339. The summed E-state index contributed by atoms with van der Waals surface area (Å²) in [6.07, 6.45) is 2.01. The molecule has 1 aliphatic rings. The van der Waals surface area contributed by atoms with Crippen molar-refractivity contribution in [2.75, 3.05) is 18.8 Å². The maximum absolute atomic E-state index is 12.5. The van der Waals surface area contributed by atoms with Gasteiger partial charge in [-0.3, -0.25) is 4.79 Å². The van der Waals surface area contributed by atoms with Crippen molar-refractivity contribution in [3.63, 3.8) is 0 Å². The normalized spacial score (nSPS) is 20.7. The Kier molecular flexibility index (Phi) is 5.24. The molecule has 122 valence electrons. The summed E-state index contributed by atoms with van der Waals surface area (Å²) in [5, 5.41) is 0. The van der Waals surface area contributed by atoms with Crippen LogP contribution in [-0.4, -0.2) is 44.1 Å². The second-order valence-electron chi connectivity index (χ2n) is 5.94. The molecule has 2 N–H and O–H groups in total. The molecule has 0 saturated carbocycles. The summed E-state index contributed by atoms with van der Waals surface area (Å²) in [6, 6.07) is 6.30. The van der Waals surface area contributed by atoms with Crippen LogP contribution in [0.15, 0.2) is 29.2 Å². The van der Waals surface area contributed by atoms with Gasteiger partial charge in [0.15, 0.2) is 9.84 Å². The predicted molar refractivity (Wildman–Crippen MR) is 86.4 cm³/mol. The minimum Gasteiger partial charge on any atom is -0.338 e. The number of nitrogens with two attached hydrogens (primary N) is 1. The zero-order valence-corrected chi connectivity index (χ0v) is 14.0. The zero-order valence-electron chi connectivity index (χ0n) is 13.2. The van der Waals surface area contributed by atoms with E-state index in [1.807, 2.05) is 11.8 Å². The molecule has 1 saturated heterocycles. The Morgan fingerprint density at radius 1 is 1.36 bits per heavy atom. The van der Waals surface area contributed by atoms with Crippen LogP contribution in [0.2, 0.25) is 0 Å². The Bertz CT molecular complexity index is 623. The average Bonchev–Trinajstić information content (AvgIpc) is 2.54. The topological polar surface area (TPSA) is 80.5 Å². The fraction of sp³-hybridized carbons (Fsp3) is 0.562. The van der Waals surface area contributed by atoms with Crippen molar-refractivity contribution >= 4 is 15.7 Å². The minimum atomic E-state index is -3.23. The zero-order chi connectivity index (χ0) is 16.3. The highest BCUT2D eigenvalue weighted by Crippen LogP contribution is 2.21. The van der Waals surface area contributed by atoms with E-state index in [1.54, 1.807) is 19.1 Å². The average molecular weight is 324 g/mol. The summed E-state index contributed by atoms with van der Waals surface area (Å²) in [4.78, 5) is 14.6. The van der Waals surface area contributed by atoms with E-state index in [4.69, 9.17) is 5.73 Å². The first-order chi connectivity index (χ1) is 10.3. The van der Waals surface area contributed by atoms with Crippen LogP contribution < -0.4 is 5.73 Å². The fourth-order valence-corrected chi connectivity index (χ4v) is 3.66. The van der Waals surface area contributed by atoms with E-state index in [2.05, 4.69) is 0 Å². The summed E-state index contributed by atoms with van der Waals surface area (Å²) >= 11 is 0. The van der Waals surface area contributed by atoms with Crippen LogP contribution in [0, 0.1) is 5.92 Å². The van der Waals surface area contributed by atoms with Gasteiger partial charge in [-0.2, -0.15) is 0 Å². The monoisotopic (exact) mass is 324 g/mol. The molecule has 0 aliphatic carbocycles. The summed E-state index contributed by atoms with van der Waals surface area (Å²) in [7, 11) is -3.23. The van der Waals surface area contributed by atoms with Crippen LogP contribution >= 0.6 is 0 Å². The van der Waals surface area contributed by atoms with Gasteiger partial charge in [-0.25, -0.2) is 8.42 Å². The molecule has 0 radical (unpaired) electrons. The molecular weight excluding hydrogens is 300 g/mol. The molecule has 2 rings (SSSR count). The van der Waals surface area contributed by atoms with Crippen molar-refractivity contribution in [3.05, 3.63) is 29.8 Å². The van der Waals surface area contributed by atoms with Gasteiger partial charge >= 0.3 is 0 Å². The molecule has 5 nitrogen and oxygen atoms in total. The molecule has 1 aliphatic heterocycles. The van der Waals surface area contributed by atoms with Gasteiger partial charge in [0.2, 0.25) is 0 Å². The van der Waals surface area contributed by atoms with Crippen LogP contribution in [0.4, 0.5) is 0 Å². The fourth-order valence-electron chi connectivity index (χ4n) is 2.78. The lowest BCUT2D eigenvalue weighted by molar-refractivity contribution is 0.0661. The minimum absolute atomic E-state index is 0.0502. The van der Waals surface area contributed by atoms with E-state index in [-0.39, 0.29) is 22.6 Å². The van der Waals surface area contributed by atoms with Crippen LogP contribution in [0.3, 0.4) is 0 Å². The van der Waals surface area contributed by atoms with Gasteiger partial charge in [0.25, 0.3) is 5.91 Å². The number of sulfone groups is 1. The highest BCUT2D eigenvalue weighted by atomic mass is 32.2. The lowest BCUT2D eigenvalue weighted by Gasteiger charge is -2.34. The van der Waals surface area contributed by atoms with Crippen LogP contribution in [-0.2, 0) is 9.84 Å². The van der Waals surface area contributed by atoms with Gasteiger partial charge in [0.1, 0.15) is 0 Å². The number of piperidine rings is 1. The third-order valence-electron chi connectivity index (χ3n) is 4.33. The maximum atomic E-state index is 12.5. The van der Waals surface area contributed by atoms with Gasteiger partial charge < -0.3 is 10.6 Å². The number of amides is 1. The van der Waals surface area contributed by atoms with Gasteiger partial charge in [0.05, 0.1) is 10.6 Å². The predicted octanol–water partition coefficient (Wildman–Crippen LogP) is 1.68. The number of likely N-dealkylation sites (tertiary alicyclic amines) is 1. The molecule has 0 unspecified atom stereocenters. The molecular formula is C16H24N2O3S. The van der Waals surface area contributed by atoms with Gasteiger partial charge in [-0.05, 0) is 49.9 Å². The molecule has 0 bridgehead atoms. The lowest BCUT2D eigenvalue weighted by Crippen LogP contribution is -2.45. The first-order valence-corrected chi connectivity index (χ1v) is 9.38. The number of carbonyl (C=O) groups is 1. The molecule has 1 amide bonds. The molecule has 2 atom stereocenters. The number of nitrogens with zero attached hydrogens (tertiary/aromatic N) is 1. The molecule has 0 aromatic heterocycles. The first kappa shape index (κ1) is 17.0. The van der Waals surface area contributed by atoms with Gasteiger partial charge in [0, 0.05) is 24.7 Å². The molecule has 0 spiro atoms. The number of hydrogen-bond donors (Lipinski definition) is 1. The quantitative estimate of drug-likeness (QED) is 0.914. The molecule has 22 heavy (non-hydrogen) atoms. The van der Waals surface area contributed by atoms with Crippen LogP contribution in [0.1, 0.15) is 37.0 Å². The van der Waals surface area contributed by atoms with E-state index < -0.39 is 9.84 Å². The van der Waals surface area contributed by atoms with E-state index >= 15 is 0 Å². The maximum Gasteiger partial charge on any atom is 0.253 e. The van der Waals surface area contributed by atoms with Crippen molar-refractivity contribution in [1.82, 2.24) is 4.90 Å². The molecule has 1 fully saturated rings. The highest BCUT2D eigenvalue weighted by molar-refractivity contribution is 7.91. The Labute approximate surface area is 132 Å². The summed E-state index contributed by atoms with van der Waals surface area (Å²) in [6.45, 7) is 4.99. The van der Waals surface area contributed by atoms with Crippen LogP contribution in [0.5, 0.6) is 0 Å².